The van der Waals surface area contributed by atoms with E-state index in [1.165, 1.54) is 0 Å². The lowest BCUT2D eigenvalue weighted by molar-refractivity contribution is -0.109. The van der Waals surface area contributed by atoms with Gasteiger partial charge in [-0.15, -0.1) is 0 Å². The summed E-state index contributed by atoms with van der Waals surface area (Å²) in [6.45, 7) is 0.0337. The van der Waals surface area contributed by atoms with Crippen LogP contribution in [0.4, 0.5) is 15.9 Å². The van der Waals surface area contributed by atoms with Crippen LogP contribution in [0.1, 0.15) is 40.3 Å². The van der Waals surface area contributed by atoms with Crippen LogP contribution >= 0.6 is 0 Å². The smallest absolute Gasteiger partial charge is 0.251 e. The summed E-state index contributed by atoms with van der Waals surface area (Å²) < 4.78 is 18.9. The number of rotatable bonds is 11. The maximum Gasteiger partial charge on any atom is 0.251 e. The Morgan fingerprint density at radius 1 is 1.31 bits per heavy atom. The van der Waals surface area contributed by atoms with Gasteiger partial charge in [0.2, 0.25) is 0 Å². The first-order chi connectivity index (χ1) is 17.3. The zero-order valence-corrected chi connectivity index (χ0v) is 19.7. The highest BCUT2D eigenvalue weighted by atomic mass is 19.1. The topological polar surface area (TPSA) is 161 Å². The van der Waals surface area contributed by atoms with Crippen LogP contribution in [0.2, 0.25) is 0 Å². The number of aldehydes is 1. The fraction of sp³-hybridized carbons (Fsp3) is 0.280. The first-order valence-electron chi connectivity index (χ1n) is 11.3. The van der Waals surface area contributed by atoms with Gasteiger partial charge in [-0.05, 0) is 42.9 Å². The molecule has 2 aromatic heterocycles. The summed E-state index contributed by atoms with van der Waals surface area (Å²) in [6, 6.07) is 5.16. The van der Waals surface area contributed by atoms with Crippen LogP contribution in [-0.2, 0) is 17.8 Å². The summed E-state index contributed by atoms with van der Waals surface area (Å²) >= 11 is 0. The molecule has 0 bridgehead atoms. The van der Waals surface area contributed by atoms with Gasteiger partial charge in [0.1, 0.15) is 24.0 Å². The average Bonchev–Trinajstić information content (AvgIpc) is 3.67. The van der Waals surface area contributed by atoms with E-state index in [9.17, 15) is 14.0 Å². The number of aromatic nitrogens is 3. The molecule has 1 aliphatic carbocycles. The lowest BCUT2D eigenvalue weighted by Crippen LogP contribution is -2.20. The Morgan fingerprint density at radius 2 is 2.03 bits per heavy atom. The Labute approximate surface area is 207 Å². The highest BCUT2D eigenvalue weighted by Crippen LogP contribution is 2.40. The van der Waals surface area contributed by atoms with Crippen LogP contribution < -0.4 is 21.1 Å². The fourth-order valence-electron chi connectivity index (χ4n) is 4.07. The van der Waals surface area contributed by atoms with Crippen molar-refractivity contribution in [1.82, 2.24) is 15.0 Å². The average molecular weight is 492 g/mol. The van der Waals surface area contributed by atoms with Gasteiger partial charge >= 0.3 is 0 Å². The van der Waals surface area contributed by atoms with Crippen molar-refractivity contribution in [2.45, 2.75) is 25.8 Å². The van der Waals surface area contributed by atoms with E-state index < -0.39 is 11.7 Å². The SMILES string of the molecule is CN(Cc1ncc(F)cn1)c1ccc(-c2c(C=N)c(N)nc(CC3CC3)c2C(N)=O)cc1OCC=O. The highest BCUT2D eigenvalue weighted by Gasteiger charge is 2.29. The third-order valence-electron chi connectivity index (χ3n) is 5.93. The third kappa shape index (κ3) is 5.29. The molecular formula is C25H26FN7O3. The first kappa shape index (κ1) is 24.7. The van der Waals surface area contributed by atoms with E-state index in [0.717, 1.165) is 31.4 Å². The van der Waals surface area contributed by atoms with Crippen molar-refractivity contribution >= 4 is 29.9 Å². The van der Waals surface area contributed by atoms with E-state index in [-0.39, 0.29) is 30.1 Å². The normalized spacial score (nSPS) is 12.7. The molecule has 186 valence electrons. The van der Waals surface area contributed by atoms with Gasteiger partial charge in [-0.3, -0.25) is 9.59 Å². The molecule has 10 nitrogen and oxygen atoms in total. The van der Waals surface area contributed by atoms with E-state index in [4.69, 9.17) is 21.6 Å². The number of nitrogens with zero attached hydrogens (tertiary/aromatic N) is 4. The second-order valence-corrected chi connectivity index (χ2v) is 8.60. The number of nitrogen functional groups attached to an aromatic ring is 1. The van der Waals surface area contributed by atoms with Gasteiger partial charge in [-0.25, -0.2) is 19.3 Å². The number of primary amides is 1. The van der Waals surface area contributed by atoms with Crippen LogP contribution in [0.15, 0.2) is 30.6 Å². The Bertz CT molecular complexity index is 1310. The molecule has 1 amide bonds. The molecule has 0 aliphatic heterocycles. The number of nitrogens with two attached hydrogens (primary N) is 2. The highest BCUT2D eigenvalue weighted by molar-refractivity contribution is 6.07. The van der Waals surface area contributed by atoms with E-state index >= 15 is 0 Å². The minimum atomic E-state index is -0.665. The number of carbonyl (C=O) groups excluding carboxylic acids is 2. The number of hydrogen-bond donors (Lipinski definition) is 3. The molecule has 5 N–H and O–H groups in total. The summed E-state index contributed by atoms with van der Waals surface area (Å²) in [7, 11) is 1.77. The number of benzene rings is 1. The number of nitrogens with one attached hydrogen (secondary N) is 1. The van der Waals surface area contributed by atoms with Crippen LogP contribution in [0.5, 0.6) is 5.75 Å². The number of amides is 1. The quantitative estimate of drug-likeness (QED) is 0.272. The molecule has 1 saturated carbocycles. The van der Waals surface area contributed by atoms with Gasteiger partial charge in [-0.1, -0.05) is 6.07 Å². The predicted molar refractivity (Wildman–Crippen MR) is 133 cm³/mol. The Kier molecular flexibility index (Phi) is 7.18. The first-order valence-corrected chi connectivity index (χ1v) is 11.3. The molecule has 1 aromatic carbocycles. The van der Waals surface area contributed by atoms with Crippen molar-refractivity contribution in [2.75, 3.05) is 24.3 Å². The Morgan fingerprint density at radius 3 is 2.64 bits per heavy atom. The minimum Gasteiger partial charge on any atom is -0.484 e. The van der Waals surface area contributed by atoms with Gasteiger partial charge in [0.25, 0.3) is 5.91 Å². The van der Waals surface area contributed by atoms with E-state index in [2.05, 4.69) is 15.0 Å². The molecule has 0 saturated heterocycles. The van der Waals surface area contributed by atoms with Gasteiger partial charge in [0.15, 0.2) is 12.1 Å². The molecule has 0 unspecified atom stereocenters. The second-order valence-electron chi connectivity index (χ2n) is 8.60. The van der Waals surface area contributed by atoms with Crippen LogP contribution in [0, 0.1) is 17.1 Å². The summed E-state index contributed by atoms with van der Waals surface area (Å²) in [4.78, 5) is 37.8. The lowest BCUT2D eigenvalue weighted by Gasteiger charge is -2.23. The molecule has 0 atom stereocenters. The number of halogens is 1. The van der Waals surface area contributed by atoms with E-state index in [0.29, 0.717) is 52.7 Å². The number of anilines is 2. The fourth-order valence-corrected chi connectivity index (χ4v) is 4.07. The van der Waals surface area contributed by atoms with Crippen molar-refractivity contribution in [3.05, 3.63) is 59.1 Å². The van der Waals surface area contributed by atoms with Crippen LogP contribution in [0.3, 0.4) is 0 Å². The number of ether oxygens (including phenoxy) is 1. The molecule has 2 heterocycles. The third-order valence-corrected chi connectivity index (χ3v) is 5.93. The molecule has 1 fully saturated rings. The number of carbonyl (C=O) groups is 2. The molecule has 1 aliphatic rings. The zero-order valence-electron chi connectivity index (χ0n) is 19.7. The molecule has 11 heteroatoms. The molecule has 3 aromatic rings. The van der Waals surface area contributed by atoms with Crippen molar-refractivity contribution < 1.29 is 18.7 Å². The van der Waals surface area contributed by atoms with Gasteiger partial charge in [0.05, 0.1) is 35.9 Å². The maximum absolute atomic E-state index is 13.2. The van der Waals surface area contributed by atoms with E-state index in [1.54, 1.807) is 30.1 Å². The number of pyridine rings is 1. The summed E-state index contributed by atoms with van der Waals surface area (Å²) in [5.41, 5.74) is 14.5. The largest absolute Gasteiger partial charge is 0.484 e. The summed E-state index contributed by atoms with van der Waals surface area (Å²) in [5, 5.41) is 7.93. The van der Waals surface area contributed by atoms with Crippen LogP contribution in [-0.4, -0.2) is 47.0 Å². The molecule has 0 spiro atoms. The van der Waals surface area contributed by atoms with Gasteiger partial charge in [0, 0.05) is 24.4 Å². The molecule has 0 radical (unpaired) electrons. The standard InChI is InChI=1S/C25H26FN7O3/c1-33(13-21-30-11-16(26)12-31-21)19-5-4-15(9-20(19)36-7-6-34)22-17(10-27)24(28)32-18(8-14-2-3-14)23(22)25(29)35/h4-6,9-12,14,27H,2-3,7-8,13H2,1H3,(H2,28,32)(H2,29,35). The molecular weight excluding hydrogens is 465 g/mol. The Balaban J connectivity index is 1.81. The van der Waals surface area contributed by atoms with Crippen molar-refractivity contribution in [3.63, 3.8) is 0 Å². The van der Waals surface area contributed by atoms with Crippen molar-refractivity contribution in [2.24, 2.45) is 11.7 Å². The van der Waals surface area contributed by atoms with Gasteiger partial charge < -0.3 is 26.5 Å². The molecule has 36 heavy (non-hydrogen) atoms. The van der Waals surface area contributed by atoms with Crippen molar-refractivity contribution in [1.29, 1.82) is 5.41 Å². The minimum absolute atomic E-state index is 0.130. The lowest BCUT2D eigenvalue weighted by atomic mass is 9.91. The van der Waals surface area contributed by atoms with E-state index in [1.807, 2.05) is 0 Å². The van der Waals surface area contributed by atoms with Gasteiger partial charge in [-0.2, -0.15) is 0 Å². The molecule has 4 rings (SSSR count). The zero-order chi connectivity index (χ0) is 25.8. The second kappa shape index (κ2) is 10.5. The number of hydrogen-bond acceptors (Lipinski definition) is 9. The summed E-state index contributed by atoms with van der Waals surface area (Å²) in [6.07, 6.45) is 6.49. The Hall–Kier alpha value is -4.41. The summed E-state index contributed by atoms with van der Waals surface area (Å²) in [5.74, 6) is 0.0789. The van der Waals surface area contributed by atoms with Crippen molar-refractivity contribution in [3.8, 4) is 16.9 Å². The monoisotopic (exact) mass is 491 g/mol. The predicted octanol–water partition coefficient (Wildman–Crippen LogP) is 2.52. The van der Waals surface area contributed by atoms with Crippen LogP contribution in [0.25, 0.3) is 11.1 Å². The maximum atomic E-state index is 13.2.